The lowest BCUT2D eigenvalue weighted by atomic mass is 10.0. The maximum absolute atomic E-state index is 13.9. The highest BCUT2D eigenvalue weighted by atomic mass is 19.4. The van der Waals surface area contributed by atoms with E-state index in [0.29, 0.717) is 6.07 Å². The Morgan fingerprint density at radius 3 is 2.41 bits per heavy atom. The number of rotatable bonds is 3. The predicted octanol–water partition coefficient (Wildman–Crippen LogP) is 3.37. The summed E-state index contributed by atoms with van der Waals surface area (Å²) >= 11 is 0. The van der Waals surface area contributed by atoms with Gasteiger partial charge >= 0.3 is 12.3 Å². The number of ether oxygens (including phenoxy) is 1. The molecule has 0 aliphatic carbocycles. The number of amides is 1. The molecule has 0 saturated carbocycles. The van der Waals surface area contributed by atoms with Gasteiger partial charge in [-0.2, -0.15) is 13.2 Å². The minimum Gasteiger partial charge on any atom is -0.444 e. The van der Waals surface area contributed by atoms with Crippen LogP contribution in [-0.4, -0.2) is 18.2 Å². The summed E-state index contributed by atoms with van der Waals surface area (Å²) < 4.78 is 56.7. The molecule has 1 amide bonds. The number of carbonyl (C=O) groups excluding carboxylic acids is 1. The zero-order valence-electron chi connectivity index (χ0n) is 12.4. The third-order valence-corrected chi connectivity index (χ3v) is 2.60. The van der Waals surface area contributed by atoms with Gasteiger partial charge in [0.05, 0.1) is 11.6 Å². The van der Waals surface area contributed by atoms with Gasteiger partial charge in [-0.15, -0.1) is 0 Å². The molecular formula is C14H18F4N2O2. The monoisotopic (exact) mass is 322 g/mol. The van der Waals surface area contributed by atoms with Crippen LogP contribution < -0.4 is 11.1 Å². The normalized spacial score (nSPS) is 13.6. The lowest BCUT2D eigenvalue weighted by molar-refractivity contribution is -0.140. The third-order valence-electron chi connectivity index (χ3n) is 2.60. The van der Waals surface area contributed by atoms with E-state index in [4.69, 9.17) is 10.5 Å². The van der Waals surface area contributed by atoms with Crippen LogP contribution in [0, 0.1) is 5.82 Å². The van der Waals surface area contributed by atoms with Gasteiger partial charge in [0, 0.05) is 12.1 Å². The van der Waals surface area contributed by atoms with Crippen LogP contribution >= 0.6 is 0 Å². The molecule has 22 heavy (non-hydrogen) atoms. The van der Waals surface area contributed by atoms with Crippen molar-refractivity contribution in [1.29, 1.82) is 0 Å². The summed E-state index contributed by atoms with van der Waals surface area (Å²) in [6.07, 6.45) is -5.59. The first-order chi connectivity index (χ1) is 9.92. The van der Waals surface area contributed by atoms with Gasteiger partial charge in [0.25, 0.3) is 0 Å². The lowest BCUT2D eigenvalue weighted by Gasteiger charge is -2.21. The van der Waals surface area contributed by atoms with E-state index in [9.17, 15) is 22.4 Å². The number of carbonyl (C=O) groups is 1. The zero-order chi connectivity index (χ0) is 17.1. The van der Waals surface area contributed by atoms with Gasteiger partial charge in [-0.25, -0.2) is 9.18 Å². The van der Waals surface area contributed by atoms with Gasteiger partial charge < -0.3 is 15.8 Å². The molecular weight excluding hydrogens is 304 g/mol. The van der Waals surface area contributed by atoms with Crippen LogP contribution in [0.3, 0.4) is 0 Å². The summed E-state index contributed by atoms with van der Waals surface area (Å²) in [6, 6.07) is 1.71. The molecule has 1 aromatic carbocycles. The SMILES string of the molecule is CC(C)(C)OC(=O)NCC(N)c1cccc(C(F)(F)F)c1F. The lowest BCUT2D eigenvalue weighted by Crippen LogP contribution is -2.37. The van der Waals surface area contributed by atoms with Crippen molar-refractivity contribution in [1.82, 2.24) is 5.32 Å². The summed E-state index contributed by atoms with van der Waals surface area (Å²) in [4.78, 5) is 11.4. The fraction of sp³-hybridized carbons (Fsp3) is 0.500. The highest BCUT2D eigenvalue weighted by molar-refractivity contribution is 5.67. The van der Waals surface area contributed by atoms with Gasteiger partial charge in [0.1, 0.15) is 11.4 Å². The van der Waals surface area contributed by atoms with Gasteiger partial charge in [-0.1, -0.05) is 12.1 Å². The number of halogens is 4. The second-order valence-corrected chi connectivity index (χ2v) is 5.70. The van der Waals surface area contributed by atoms with Crippen LogP contribution in [-0.2, 0) is 10.9 Å². The Morgan fingerprint density at radius 2 is 1.91 bits per heavy atom. The van der Waals surface area contributed by atoms with Gasteiger partial charge in [-0.05, 0) is 26.8 Å². The molecule has 1 aromatic rings. The van der Waals surface area contributed by atoms with Crippen LogP contribution in [0.1, 0.15) is 37.9 Å². The summed E-state index contributed by atoms with van der Waals surface area (Å²) in [5.41, 5.74) is 3.20. The molecule has 1 rings (SSSR count). The Bertz CT molecular complexity index is 539. The molecule has 0 aliphatic rings. The van der Waals surface area contributed by atoms with E-state index < -0.39 is 35.3 Å². The number of hydrogen-bond donors (Lipinski definition) is 2. The molecule has 3 N–H and O–H groups in total. The first-order valence-corrected chi connectivity index (χ1v) is 6.50. The van der Waals surface area contributed by atoms with E-state index in [1.807, 2.05) is 0 Å². The molecule has 0 fully saturated rings. The van der Waals surface area contributed by atoms with Crippen molar-refractivity contribution < 1.29 is 27.1 Å². The fourth-order valence-electron chi connectivity index (χ4n) is 1.67. The Balaban J connectivity index is 2.79. The Labute approximate surface area is 125 Å². The van der Waals surface area contributed by atoms with Gasteiger partial charge in [-0.3, -0.25) is 0 Å². The van der Waals surface area contributed by atoms with E-state index in [-0.39, 0.29) is 12.1 Å². The van der Waals surface area contributed by atoms with Gasteiger partial charge in [0.2, 0.25) is 0 Å². The molecule has 0 radical (unpaired) electrons. The Hall–Kier alpha value is -1.83. The van der Waals surface area contributed by atoms with Crippen LogP contribution in [0.15, 0.2) is 18.2 Å². The number of hydrogen-bond acceptors (Lipinski definition) is 3. The highest BCUT2D eigenvalue weighted by Gasteiger charge is 2.35. The van der Waals surface area contributed by atoms with E-state index in [0.717, 1.165) is 12.1 Å². The van der Waals surface area contributed by atoms with Crippen molar-refractivity contribution in [2.75, 3.05) is 6.54 Å². The molecule has 1 atom stereocenters. The molecule has 0 saturated heterocycles. The van der Waals surface area contributed by atoms with Crippen molar-refractivity contribution in [3.8, 4) is 0 Å². The van der Waals surface area contributed by atoms with Crippen LogP contribution in [0.5, 0.6) is 0 Å². The summed E-state index contributed by atoms with van der Waals surface area (Å²) in [6.45, 7) is 4.70. The molecule has 1 unspecified atom stereocenters. The number of nitrogens with one attached hydrogen (secondary N) is 1. The largest absolute Gasteiger partial charge is 0.444 e. The number of alkyl carbamates (subject to hydrolysis) is 1. The van der Waals surface area contributed by atoms with Crippen molar-refractivity contribution in [2.45, 2.75) is 38.6 Å². The topological polar surface area (TPSA) is 64.3 Å². The van der Waals surface area contributed by atoms with Crippen LogP contribution in [0.4, 0.5) is 22.4 Å². The predicted molar refractivity (Wildman–Crippen MR) is 72.6 cm³/mol. The smallest absolute Gasteiger partial charge is 0.419 e. The quantitative estimate of drug-likeness (QED) is 0.839. The molecule has 8 heteroatoms. The minimum atomic E-state index is -4.81. The molecule has 0 heterocycles. The average Bonchev–Trinajstić information content (AvgIpc) is 2.32. The fourth-order valence-corrected chi connectivity index (χ4v) is 1.67. The van der Waals surface area contributed by atoms with E-state index in [2.05, 4.69) is 5.32 Å². The Morgan fingerprint density at radius 1 is 1.32 bits per heavy atom. The summed E-state index contributed by atoms with van der Waals surface area (Å²) in [7, 11) is 0. The second-order valence-electron chi connectivity index (χ2n) is 5.70. The number of nitrogens with two attached hydrogens (primary N) is 1. The maximum atomic E-state index is 13.9. The molecule has 0 bridgehead atoms. The van der Waals surface area contributed by atoms with Crippen molar-refractivity contribution in [3.05, 3.63) is 35.1 Å². The highest BCUT2D eigenvalue weighted by Crippen LogP contribution is 2.33. The second kappa shape index (κ2) is 6.51. The van der Waals surface area contributed by atoms with Crippen molar-refractivity contribution in [3.63, 3.8) is 0 Å². The number of benzene rings is 1. The van der Waals surface area contributed by atoms with Gasteiger partial charge in [0.15, 0.2) is 0 Å². The molecule has 4 nitrogen and oxygen atoms in total. The molecule has 0 aromatic heterocycles. The average molecular weight is 322 g/mol. The zero-order valence-corrected chi connectivity index (χ0v) is 12.4. The standard InChI is InChI=1S/C14H18F4N2O2/c1-13(2,3)22-12(21)20-7-10(19)8-5-4-6-9(11(8)15)14(16,17)18/h4-6,10H,7,19H2,1-3H3,(H,20,21). The van der Waals surface area contributed by atoms with Crippen molar-refractivity contribution >= 4 is 6.09 Å². The molecule has 0 spiro atoms. The third kappa shape index (κ3) is 5.18. The van der Waals surface area contributed by atoms with E-state index >= 15 is 0 Å². The Kier molecular flexibility index (Phi) is 5.39. The van der Waals surface area contributed by atoms with E-state index in [1.54, 1.807) is 20.8 Å². The first-order valence-electron chi connectivity index (χ1n) is 6.50. The maximum Gasteiger partial charge on any atom is 0.419 e. The molecule has 124 valence electrons. The van der Waals surface area contributed by atoms with Crippen LogP contribution in [0.25, 0.3) is 0 Å². The summed E-state index contributed by atoms with van der Waals surface area (Å²) in [5.74, 6) is -1.44. The first kappa shape index (κ1) is 18.2. The van der Waals surface area contributed by atoms with Crippen LogP contribution in [0.2, 0.25) is 0 Å². The summed E-state index contributed by atoms with van der Waals surface area (Å²) in [5, 5.41) is 2.29. The number of alkyl halides is 3. The minimum absolute atomic E-state index is 0.257. The molecule has 0 aliphatic heterocycles. The van der Waals surface area contributed by atoms with E-state index in [1.165, 1.54) is 0 Å². The van der Waals surface area contributed by atoms with Crippen molar-refractivity contribution in [2.24, 2.45) is 5.73 Å².